The molecule has 0 fully saturated rings. The molecule has 0 atom stereocenters. The van der Waals surface area contributed by atoms with Crippen LogP contribution in [0.5, 0.6) is 0 Å². The highest BCUT2D eigenvalue weighted by Gasteiger charge is 2.09. The van der Waals surface area contributed by atoms with E-state index in [4.69, 9.17) is 4.42 Å². The van der Waals surface area contributed by atoms with Crippen molar-refractivity contribution in [3.05, 3.63) is 24.2 Å². The first-order valence-electron chi connectivity index (χ1n) is 3.53. The normalized spacial score (nSPS) is 8.83. The third-order valence-electron chi connectivity index (χ3n) is 1.59. The molecule has 0 saturated carbocycles. The van der Waals surface area contributed by atoms with Gasteiger partial charge in [0.15, 0.2) is 0 Å². The van der Waals surface area contributed by atoms with Crippen molar-refractivity contribution in [3.63, 3.8) is 0 Å². The monoisotopic (exact) mass is 189 g/mol. The van der Waals surface area contributed by atoms with Gasteiger partial charge in [0, 0.05) is 13.6 Å². The lowest BCUT2D eigenvalue weighted by molar-refractivity contribution is 0.0802. The van der Waals surface area contributed by atoms with Gasteiger partial charge in [-0.15, -0.1) is 12.4 Å². The molecule has 0 spiro atoms. The van der Waals surface area contributed by atoms with Gasteiger partial charge in [-0.2, -0.15) is 0 Å². The summed E-state index contributed by atoms with van der Waals surface area (Å²) in [6.07, 6.45) is 2.95. The largest absolute Gasteiger partial charge is 0.472 e. The Labute approximate surface area is 77.8 Å². The van der Waals surface area contributed by atoms with Gasteiger partial charge in [0.05, 0.1) is 11.8 Å². The molecule has 0 aromatic carbocycles. The van der Waals surface area contributed by atoms with E-state index in [1.54, 1.807) is 18.0 Å². The summed E-state index contributed by atoms with van der Waals surface area (Å²) < 4.78 is 4.78. The molecule has 0 bridgehead atoms. The minimum Gasteiger partial charge on any atom is -0.472 e. The molecular formula is C8H12ClNO2. The van der Waals surface area contributed by atoms with Gasteiger partial charge in [-0.25, -0.2) is 0 Å². The van der Waals surface area contributed by atoms with E-state index in [2.05, 4.69) is 0 Å². The number of furan rings is 1. The first-order valence-corrected chi connectivity index (χ1v) is 3.53. The zero-order chi connectivity index (χ0) is 8.27. The quantitative estimate of drug-likeness (QED) is 0.711. The predicted octanol–water partition coefficient (Wildman–Crippen LogP) is 1.79. The SMILES string of the molecule is CCN(C)C(=O)c1ccoc1.Cl. The van der Waals surface area contributed by atoms with Crippen LogP contribution in [-0.2, 0) is 0 Å². The molecule has 1 amide bonds. The minimum atomic E-state index is 0. The summed E-state index contributed by atoms with van der Waals surface area (Å²) in [6.45, 7) is 2.64. The third kappa shape index (κ3) is 2.27. The first kappa shape index (κ1) is 11.0. The van der Waals surface area contributed by atoms with E-state index >= 15 is 0 Å². The highest BCUT2D eigenvalue weighted by molar-refractivity contribution is 5.93. The average molecular weight is 190 g/mol. The highest BCUT2D eigenvalue weighted by Crippen LogP contribution is 2.02. The molecule has 4 heteroatoms. The lowest BCUT2D eigenvalue weighted by atomic mass is 10.3. The molecule has 3 nitrogen and oxygen atoms in total. The Bertz CT molecular complexity index is 233. The van der Waals surface area contributed by atoms with Gasteiger partial charge in [-0.1, -0.05) is 0 Å². The van der Waals surface area contributed by atoms with Crippen LogP contribution in [-0.4, -0.2) is 24.4 Å². The fourth-order valence-corrected chi connectivity index (χ4v) is 0.750. The summed E-state index contributed by atoms with van der Waals surface area (Å²) in [6, 6.07) is 1.66. The van der Waals surface area contributed by atoms with Crippen molar-refractivity contribution in [2.24, 2.45) is 0 Å². The van der Waals surface area contributed by atoms with Crippen LogP contribution in [0, 0.1) is 0 Å². The number of halogens is 1. The van der Waals surface area contributed by atoms with Gasteiger partial charge in [0.2, 0.25) is 0 Å². The smallest absolute Gasteiger partial charge is 0.256 e. The van der Waals surface area contributed by atoms with E-state index in [-0.39, 0.29) is 18.3 Å². The Morgan fingerprint density at radius 2 is 2.33 bits per heavy atom. The standard InChI is InChI=1S/C8H11NO2.ClH/c1-3-9(2)8(10)7-4-5-11-6-7;/h4-6H,3H2,1-2H3;1H. The van der Waals surface area contributed by atoms with Crippen LogP contribution in [0.25, 0.3) is 0 Å². The lowest BCUT2D eigenvalue weighted by Crippen LogP contribution is -2.25. The lowest BCUT2D eigenvalue weighted by Gasteiger charge is -2.11. The maximum atomic E-state index is 11.3. The second-order valence-corrected chi connectivity index (χ2v) is 2.33. The molecule has 0 aliphatic heterocycles. The fourth-order valence-electron chi connectivity index (χ4n) is 0.750. The van der Waals surface area contributed by atoms with E-state index in [0.717, 1.165) is 0 Å². The second kappa shape index (κ2) is 4.83. The zero-order valence-electron chi connectivity index (χ0n) is 7.11. The third-order valence-corrected chi connectivity index (χ3v) is 1.59. The van der Waals surface area contributed by atoms with Crippen LogP contribution in [0.15, 0.2) is 23.0 Å². The van der Waals surface area contributed by atoms with Crippen molar-refractivity contribution in [1.29, 1.82) is 0 Å². The Balaban J connectivity index is 0.00000121. The molecular weight excluding hydrogens is 178 g/mol. The molecule has 1 aromatic heterocycles. The van der Waals surface area contributed by atoms with E-state index in [9.17, 15) is 4.79 Å². The summed E-state index contributed by atoms with van der Waals surface area (Å²) >= 11 is 0. The second-order valence-electron chi connectivity index (χ2n) is 2.33. The van der Waals surface area contributed by atoms with E-state index in [0.29, 0.717) is 12.1 Å². The minimum absolute atomic E-state index is 0. The Kier molecular flexibility index (Phi) is 4.44. The Morgan fingerprint density at radius 3 is 2.75 bits per heavy atom. The fraction of sp³-hybridized carbons (Fsp3) is 0.375. The van der Waals surface area contributed by atoms with Crippen LogP contribution >= 0.6 is 12.4 Å². The van der Waals surface area contributed by atoms with Gasteiger partial charge < -0.3 is 9.32 Å². The molecule has 0 radical (unpaired) electrons. The Morgan fingerprint density at radius 1 is 1.67 bits per heavy atom. The highest BCUT2D eigenvalue weighted by atomic mass is 35.5. The van der Waals surface area contributed by atoms with E-state index < -0.39 is 0 Å². The summed E-state index contributed by atoms with van der Waals surface area (Å²) in [5.74, 6) is 0.00116. The molecule has 0 saturated heterocycles. The van der Waals surface area contributed by atoms with Gasteiger partial charge in [0.1, 0.15) is 6.26 Å². The number of hydrogen-bond acceptors (Lipinski definition) is 2. The van der Waals surface area contributed by atoms with Gasteiger partial charge in [0.25, 0.3) is 5.91 Å². The van der Waals surface area contributed by atoms with E-state index in [1.807, 2.05) is 6.92 Å². The van der Waals surface area contributed by atoms with Crippen molar-refractivity contribution in [2.75, 3.05) is 13.6 Å². The Hall–Kier alpha value is -0.960. The van der Waals surface area contributed by atoms with Gasteiger partial charge >= 0.3 is 0 Å². The number of carbonyl (C=O) groups excluding carboxylic acids is 1. The molecule has 0 aliphatic carbocycles. The van der Waals surface area contributed by atoms with Crippen LogP contribution in [0.4, 0.5) is 0 Å². The maximum absolute atomic E-state index is 11.3. The number of hydrogen-bond donors (Lipinski definition) is 0. The van der Waals surface area contributed by atoms with Crippen molar-refractivity contribution < 1.29 is 9.21 Å². The van der Waals surface area contributed by atoms with Crippen molar-refractivity contribution >= 4 is 18.3 Å². The molecule has 12 heavy (non-hydrogen) atoms. The molecule has 68 valence electrons. The average Bonchev–Trinajstić information content (AvgIpc) is 2.53. The van der Waals surface area contributed by atoms with Crippen LogP contribution < -0.4 is 0 Å². The summed E-state index contributed by atoms with van der Waals surface area (Å²) in [7, 11) is 1.76. The predicted molar refractivity (Wildman–Crippen MR) is 48.6 cm³/mol. The summed E-state index contributed by atoms with van der Waals surface area (Å²) in [4.78, 5) is 12.9. The number of nitrogens with zero attached hydrogens (tertiary/aromatic N) is 1. The van der Waals surface area contributed by atoms with Crippen molar-refractivity contribution in [3.8, 4) is 0 Å². The molecule has 0 N–H and O–H groups in total. The molecule has 0 aliphatic rings. The van der Waals surface area contributed by atoms with E-state index in [1.165, 1.54) is 12.5 Å². The molecule has 1 heterocycles. The topological polar surface area (TPSA) is 33.5 Å². The van der Waals surface area contributed by atoms with Crippen molar-refractivity contribution in [1.82, 2.24) is 4.90 Å². The van der Waals surface area contributed by atoms with Gasteiger partial charge in [-0.3, -0.25) is 4.79 Å². The summed E-state index contributed by atoms with van der Waals surface area (Å²) in [5, 5.41) is 0. The number of carbonyl (C=O) groups is 1. The van der Waals surface area contributed by atoms with Crippen molar-refractivity contribution in [2.45, 2.75) is 6.92 Å². The summed E-state index contributed by atoms with van der Waals surface area (Å²) in [5.41, 5.74) is 0.606. The van der Waals surface area contributed by atoms with Gasteiger partial charge in [-0.05, 0) is 13.0 Å². The first-order chi connectivity index (χ1) is 5.25. The molecule has 1 aromatic rings. The molecule has 1 rings (SSSR count). The number of rotatable bonds is 2. The van der Waals surface area contributed by atoms with Crippen LogP contribution in [0.1, 0.15) is 17.3 Å². The molecule has 0 unspecified atom stereocenters. The van der Waals surface area contributed by atoms with Crippen LogP contribution in [0.2, 0.25) is 0 Å². The van der Waals surface area contributed by atoms with Crippen LogP contribution in [0.3, 0.4) is 0 Å². The zero-order valence-corrected chi connectivity index (χ0v) is 7.93. The maximum Gasteiger partial charge on any atom is 0.256 e. The number of amides is 1.